The van der Waals surface area contributed by atoms with Crippen LogP contribution in [0.1, 0.15) is 60.5 Å². The van der Waals surface area contributed by atoms with Gasteiger partial charge in [0.2, 0.25) is 5.91 Å². The van der Waals surface area contributed by atoms with Crippen molar-refractivity contribution >= 4 is 11.8 Å². The number of halogens is 1. The number of rotatable bonds is 6. The van der Waals surface area contributed by atoms with Gasteiger partial charge in [0, 0.05) is 37.8 Å². The van der Waals surface area contributed by atoms with Crippen LogP contribution in [0.15, 0.2) is 48.5 Å². The molecule has 1 N–H and O–H groups in total. The average Bonchev–Trinajstić information content (AvgIpc) is 2.85. The van der Waals surface area contributed by atoms with Gasteiger partial charge in [-0.15, -0.1) is 0 Å². The number of nitrogens with zero attached hydrogens (tertiary/aromatic N) is 2. The Labute approximate surface area is 196 Å². The van der Waals surface area contributed by atoms with Crippen LogP contribution in [-0.2, 0) is 17.9 Å². The maximum atomic E-state index is 13.2. The van der Waals surface area contributed by atoms with E-state index in [2.05, 4.69) is 35.3 Å². The number of hydrogen-bond acceptors (Lipinski definition) is 3. The lowest BCUT2D eigenvalue weighted by Gasteiger charge is -2.34. The molecule has 4 rings (SSSR count). The van der Waals surface area contributed by atoms with Crippen molar-refractivity contribution in [3.8, 4) is 0 Å². The third-order valence-electron chi connectivity index (χ3n) is 7.06. The fourth-order valence-corrected chi connectivity index (χ4v) is 4.97. The first-order valence-electron chi connectivity index (χ1n) is 12.1. The molecule has 6 heteroatoms. The highest BCUT2D eigenvalue weighted by molar-refractivity contribution is 5.94. The van der Waals surface area contributed by atoms with Crippen molar-refractivity contribution in [2.45, 2.75) is 58.2 Å². The smallest absolute Gasteiger partial charge is 0.253 e. The van der Waals surface area contributed by atoms with Gasteiger partial charge in [-0.1, -0.05) is 30.7 Å². The molecule has 33 heavy (non-hydrogen) atoms. The van der Waals surface area contributed by atoms with Crippen LogP contribution < -0.4 is 5.32 Å². The second-order valence-electron chi connectivity index (χ2n) is 9.40. The van der Waals surface area contributed by atoms with E-state index < -0.39 is 0 Å². The van der Waals surface area contributed by atoms with Gasteiger partial charge in [-0.25, -0.2) is 4.39 Å². The number of piperidine rings is 2. The molecule has 0 aliphatic carbocycles. The van der Waals surface area contributed by atoms with E-state index in [-0.39, 0.29) is 23.5 Å². The molecule has 2 aliphatic heterocycles. The Hall–Kier alpha value is -2.73. The number of carbonyl (C=O) groups is 2. The van der Waals surface area contributed by atoms with Crippen LogP contribution in [0.2, 0.25) is 0 Å². The van der Waals surface area contributed by atoms with Crippen molar-refractivity contribution in [3.63, 3.8) is 0 Å². The van der Waals surface area contributed by atoms with Crippen LogP contribution in [0, 0.1) is 11.7 Å². The molecule has 2 fully saturated rings. The van der Waals surface area contributed by atoms with E-state index in [4.69, 9.17) is 0 Å². The molecule has 0 saturated carbocycles. The molecule has 2 amide bonds. The zero-order chi connectivity index (χ0) is 23.2. The fourth-order valence-electron chi connectivity index (χ4n) is 4.97. The molecular weight excluding hydrogens is 417 g/mol. The van der Waals surface area contributed by atoms with Gasteiger partial charge < -0.3 is 10.2 Å². The maximum Gasteiger partial charge on any atom is 0.253 e. The third-order valence-corrected chi connectivity index (χ3v) is 7.06. The minimum absolute atomic E-state index is 0.00671. The predicted octanol–water partition coefficient (Wildman–Crippen LogP) is 4.37. The molecule has 0 radical (unpaired) electrons. The van der Waals surface area contributed by atoms with Crippen LogP contribution in [0.3, 0.4) is 0 Å². The summed E-state index contributed by atoms with van der Waals surface area (Å²) in [5.74, 6) is -0.740. The second-order valence-corrected chi connectivity index (χ2v) is 9.40. The van der Waals surface area contributed by atoms with E-state index in [1.807, 2.05) is 6.07 Å². The van der Waals surface area contributed by atoms with Crippen molar-refractivity contribution in [1.82, 2.24) is 15.1 Å². The standard InChI is InChI=1S/C27H34FN3O2/c1-20-7-4-5-15-30(20)18-23-9-3-2-8-22(23)17-29-26(32)24-10-6-16-31(19-24)27(33)21-11-13-25(28)14-12-21/h2-3,8-9,11-14,20,24H,4-7,10,15-19H2,1H3,(H,29,32). The number of benzene rings is 2. The van der Waals surface area contributed by atoms with Crippen LogP contribution >= 0.6 is 0 Å². The summed E-state index contributed by atoms with van der Waals surface area (Å²) in [4.78, 5) is 30.0. The maximum absolute atomic E-state index is 13.2. The topological polar surface area (TPSA) is 52.7 Å². The molecule has 176 valence electrons. The summed E-state index contributed by atoms with van der Waals surface area (Å²) < 4.78 is 13.2. The highest BCUT2D eigenvalue weighted by atomic mass is 19.1. The Morgan fingerprint density at radius 1 is 0.970 bits per heavy atom. The molecular formula is C27H34FN3O2. The molecule has 0 spiro atoms. The van der Waals surface area contributed by atoms with E-state index in [0.717, 1.165) is 31.5 Å². The van der Waals surface area contributed by atoms with E-state index in [1.165, 1.54) is 49.1 Å². The number of carbonyl (C=O) groups excluding carboxylic acids is 2. The summed E-state index contributed by atoms with van der Waals surface area (Å²) in [5, 5.41) is 3.12. The summed E-state index contributed by atoms with van der Waals surface area (Å²) >= 11 is 0. The summed E-state index contributed by atoms with van der Waals surface area (Å²) in [5.41, 5.74) is 2.88. The van der Waals surface area contributed by atoms with Gasteiger partial charge >= 0.3 is 0 Å². The monoisotopic (exact) mass is 451 g/mol. The summed E-state index contributed by atoms with van der Waals surface area (Å²) in [6.45, 7) is 5.86. The molecule has 5 nitrogen and oxygen atoms in total. The Bertz CT molecular complexity index is 962. The number of nitrogens with one attached hydrogen (secondary N) is 1. The van der Waals surface area contributed by atoms with Crippen LogP contribution in [0.5, 0.6) is 0 Å². The van der Waals surface area contributed by atoms with E-state index in [9.17, 15) is 14.0 Å². The lowest BCUT2D eigenvalue weighted by molar-refractivity contribution is -0.126. The minimum Gasteiger partial charge on any atom is -0.352 e. The van der Waals surface area contributed by atoms with Crippen molar-refractivity contribution in [2.75, 3.05) is 19.6 Å². The SMILES string of the molecule is CC1CCCCN1Cc1ccccc1CNC(=O)C1CCCN(C(=O)c2ccc(F)cc2)C1. The van der Waals surface area contributed by atoms with Gasteiger partial charge in [-0.05, 0) is 74.5 Å². The van der Waals surface area contributed by atoms with Gasteiger partial charge in [0.1, 0.15) is 5.82 Å². The second kappa shape index (κ2) is 10.9. The third kappa shape index (κ3) is 5.99. The average molecular weight is 452 g/mol. The van der Waals surface area contributed by atoms with Crippen molar-refractivity contribution < 1.29 is 14.0 Å². The summed E-state index contributed by atoms with van der Waals surface area (Å²) in [7, 11) is 0. The first-order chi connectivity index (χ1) is 16.0. The minimum atomic E-state index is -0.363. The molecule has 2 atom stereocenters. The molecule has 2 aliphatic rings. The number of likely N-dealkylation sites (tertiary alicyclic amines) is 2. The van der Waals surface area contributed by atoms with Gasteiger partial charge in [-0.2, -0.15) is 0 Å². The van der Waals surface area contributed by atoms with Crippen molar-refractivity contribution in [3.05, 3.63) is 71.0 Å². The van der Waals surface area contributed by atoms with E-state index in [1.54, 1.807) is 4.90 Å². The van der Waals surface area contributed by atoms with Crippen molar-refractivity contribution in [1.29, 1.82) is 0 Å². The molecule has 2 heterocycles. The van der Waals surface area contributed by atoms with Gasteiger partial charge in [0.05, 0.1) is 5.92 Å². The first-order valence-corrected chi connectivity index (χ1v) is 12.1. The molecule has 2 unspecified atom stereocenters. The van der Waals surface area contributed by atoms with Gasteiger partial charge in [-0.3, -0.25) is 14.5 Å². The molecule has 2 aromatic carbocycles. The van der Waals surface area contributed by atoms with Gasteiger partial charge in [0.25, 0.3) is 5.91 Å². The zero-order valence-electron chi connectivity index (χ0n) is 19.4. The molecule has 2 aromatic rings. The Kier molecular flexibility index (Phi) is 7.76. The predicted molar refractivity (Wildman–Crippen MR) is 127 cm³/mol. The Morgan fingerprint density at radius 3 is 2.48 bits per heavy atom. The highest BCUT2D eigenvalue weighted by Crippen LogP contribution is 2.22. The van der Waals surface area contributed by atoms with Crippen LogP contribution in [0.4, 0.5) is 4.39 Å². The van der Waals surface area contributed by atoms with Gasteiger partial charge in [0.15, 0.2) is 0 Å². The number of hydrogen-bond donors (Lipinski definition) is 1. The zero-order valence-corrected chi connectivity index (χ0v) is 19.4. The lowest BCUT2D eigenvalue weighted by atomic mass is 9.96. The van der Waals surface area contributed by atoms with E-state index >= 15 is 0 Å². The first kappa shape index (κ1) is 23.4. The largest absolute Gasteiger partial charge is 0.352 e. The van der Waals surface area contributed by atoms with Crippen molar-refractivity contribution in [2.24, 2.45) is 5.92 Å². The fraction of sp³-hybridized carbons (Fsp3) is 0.481. The molecule has 2 saturated heterocycles. The van der Waals surface area contributed by atoms with Crippen LogP contribution in [0.25, 0.3) is 0 Å². The normalized spacial score (nSPS) is 21.6. The van der Waals surface area contributed by atoms with Crippen LogP contribution in [-0.4, -0.2) is 47.3 Å². The molecule has 0 aromatic heterocycles. The summed E-state index contributed by atoms with van der Waals surface area (Å²) in [6, 6.07) is 14.5. The lowest BCUT2D eigenvalue weighted by Crippen LogP contribution is -2.45. The Morgan fingerprint density at radius 2 is 1.73 bits per heavy atom. The number of amides is 2. The summed E-state index contributed by atoms with van der Waals surface area (Å²) in [6.07, 6.45) is 5.35. The molecule has 0 bridgehead atoms. The quantitative estimate of drug-likeness (QED) is 0.710. The van der Waals surface area contributed by atoms with E-state index in [0.29, 0.717) is 31.2 Å². The Balaban J connectivity index is 1.34. The highest BCUT2D eigenvalue weighted by Gasteiger charge is 2.29.